The van der Waals surface area contributed by atoms with Gasteiger partial charge in [-0.25, -0.2) is 4.79 Å². The summed E-state index contributed by atoms with van der Waals surface area (Å²) < 4.78 is 4.48. The minimum Gasteiger partial charge on any atom is -0.466 e. The highest BCUT2D eigenvalue weighted by atomic mass is 16.5. The number of esters is 1. The molecule has 0 spiro atoms. The predicted molar refractivity (Wildman–Crippen MR) is 60.5 cm³/mol. The summed E-state index contributed by atoms with van der Waals surface area (Å²) in [5.74, 6) is -0.518. The molecule has 0 fully saturated rings. The SMILES string of the molecule is C=C(C(=O)OC)C(O)CCCCCCC. The fourth-order valence-electron chi connectivity index (χ4n) is 1.38. The largest absolute Gasteiger partial charge is 0.466 e. The number of aliphatic hydroxyl groups excluding tert-OH is 1. The molecule has 0 bridgehead atoms. The Hall–Kier alpha value is -0.830. The summed E-state index contributed by atoms with van der Waals surface area (Å²) in [4.78, 5) is 11.0. The van der Waals surface area contributed by atoms with Crippen molar-refractivity contribution in [1.29, 1.82) is 0 Å². The standard InChI is InChI=1S/C12H22O3/c1-4-5-6-7-8-9-11(13)10(2)12(14)15-3/h11,13H,2,4-9H2,1,3H3. The summed E-state index contributed by atoms with van der Waals surface area (Å²) >= 11 is 0. The quantitative estimate of drug-likeness (QED) is 0.383. The lowest BCUT2D eigenvalue weighted by Crippen LogP contribution is -2.18. The number of methoxy groups -OCH3 is 1. The second-order valence-electron chi connectivity index (χ2n) is 3.74. The molecule has 0 aromatic heterocycles. The van der Waals surface area contributed by atoms with Gasteiger partial charge in [0.2, 0.25) is 0 Å². The molecule has 3 heteroatoms. The summed E-state index contributed by atoms with van der Waals surface area (Å²) in [6, 6.07) is 0. The van der Waals surface area contributed by atoms with Crippen LogP contribution in [0.5, 0.6) is 0 Å². The van der Waals surface area contributed by atoms with Crippen molar-refractivity contribution in [3.63, 3.8) is 0 Å². The zero-order valence-corrected chi connectivity index (χ0v) is 9.79. The van der Waals surface area contributed by atoms with E-state index in [4.69, 9.17) is 0 Å². The van der Waals surface area contributed by atoms with Crippen molar-refractivity contribution < 1.29 is 14.6 Å². The van der Waals surface area contributed by atoms with Crippen LogP contribution in [0.15, 0.2) is 12.2 Å². The predicted octanol–water partition coefficient (Wildman–Crippen LogP) is 2.44. The lowest BCUT2D eigenvalue weighted by atomic mass is 10.0. The molecule has 0 amide bonds. The van der Waals surface area contributed by atoms with Crippen LogP contribution in [0.1, 0.15) is 45.4 Å². The van der Waals surface area contributed by atoms with E-state index in [0.29, 0.717) is 6.42 Å². The Kier molecular flexibility index (Phi) is 8.01. The molecule has 0 aliphatic rings. The number of rotatable bonds is 8. The third kappa shape index (κ3) is 6.28. The van der Waals surface area contributed by atoms with Gasteiger partial charge in [0, 0.05) is 0 Å². The average Bonchev–Trinajstić information content (AvgIpc) is 2.26. The van der Waals surface area contributed by atoms with E-state index in [9.17, 15) is 9.90 Å². The minimum atomic E-state index is -0.751. The molecule has 0 saturated heterocycles. The first kappa shape index (κ1) is 14.2. The Morgan fingerprint density at radius 2 is 1.93 bits per heavy atom. The van der Waals surface area contributed by atoms with E-state index < -0.39 is 12.1 Å². The summed E-state index contributed by atoms with van der Waals surface area (Å²) in [5, 5.41) is 9.58. The summed E-state index contributed by atoms with van der Waals surface area (Å²) in [7, 11) is 1.29. The first-order valence-corrected chi connectivity index (χ1v) is 5.58. The van der Waals surface area contributed by atoms with Gasteiger partial charge in [0.15, 0.2) is 0 Å². The first-order chi connectivity index (χ1) is 7.13. The summed E-state index contributed by atoms with van der Waals surface area (Å²) in [6.07, 6.45) is 5.49. The van der Waals surface area contributed by atoms with Crippen LogP contribution in [0.3, 0.4) is 0 Å². The third-order valence-electron chi connectivity index (χ3n) is 2.43. The highest BCUT2D eigenvalue weighted by Crippen LogP contribution is 2.12. The van der Waals surface area contributed by atoms with Gasteiger partial charge in [-0.15, -0.1) is 0 Å². The molecule has 1 atom stereocenters. The molecule has 0 rings (SSSR count). The zero-order valence-electron chi connectivity index (χ0n) is 9.79. The molecule has 0 radical (unpaired) electrons. The topological polar surface area (TPSA) is 46.5 Å². The molecule has 0 aromatic carbocycles. The molecule has 88 valence electrons. The molecule has 0 aliphatic heterocycles. The number of carbonyl (C=O) groups is 1. The van der Waals surface area contributed by atoms with Crippen LogP contribution in [-0.2, 0) is 9.53 Å². The van der Waals surface area contributed by atoms with Crippen molar-refractivity contribution in [2.45, 2.75) is 51.6 Å². The minimum absolute atomic E-state index is 0.160. The van der Waals surface area contributed by atoms with Gasteiger partial charge in [0.05, 0.1) is 18.8 Å². The van der Waals surface area contributed by atoms with Gasteiger partial charge in [0.1, 0.15) is 0 Å². The lowest BCUT2D eigenvalue weighted by molar-refractivity contribution is -0.137. The molecule has 0 heterocycles. The van der Waals surface area contributed by atoms with Crippen molar-refractivity contribution in [2.24, 2.45) is 0 Å². The first-order valence-electron chi connectivity index (χ1n) is 5.58. The zero-order chi connectivity index (χ0) is 11.7. The fraction of sp³-hybridized carbons (Fsp3) is 0.750. The van der Waals surface area contributed by atoms with Gasteiger partial charge < -0.3 is 9.84 Å². The lowest BCUT2D eigenvalue weighted by Gasteiger charge is -2.11. The third-order valence-corrected chi connectivity index (χ3v) is 2.43. The average molecular weight is 214 g/mol. The van der Waals surface area contributed by atoms with Crippen molar-refractivity contribution in [3.05, 3.63) is 12.2 Å². The summed E-state index contributed by atoms with van der Waals surface area (Å²) in [5.41, 5.74) is 0.160. The van der Waals surface area contributed by atoms with Crippen molar-refractivity contribution in [3.8, 4) is 0 Å². The Morgan fingerprint density at radius 1 is 1.33 bits per heavy atom. The normalized spacial score (nSPS) is 12.2. The molecular weight excluding hydrogens is 192 g/mol. The molecule has 15 heavy (non-hydrogen) atoms. The Labute approximate surface area is 92.1 Å². The van der Waals surface area contributed by atoms with Gasteiger partial charge in [-0.2, -0.15) is 0 Å². The molecule has 0 aliphatic carbocycles. The Bertz CT molecular complexity index is 199. The monoisotopic (exact) mass is 214 g/mol. The molecule has 0 saturated carbocycles. The van der Waals surface area contributed by atoms with Crippen LogP contribution < -0.4 is 0 Å². The molecule has 1 unspecified atom stereocenters. The smallest absolute Gasteiger partial charge is 0.335 e. The van der Waals surface area contributed by atoms with E-state index in [-0.39, 0.29) is 5.57 Å². The highest BCUT2D eigenvalue weighted by Gasteiger charge is 2.15. The van der Waals surface area contributed by atoms with Gasteiger partial charge in [-0.1, -0.05) is 45.6 Å². The number of hydrogen-bond acceptors (Lipinski definition) is 3. The van der Waals surface area contributed by atoms with Gasteiger partial charge >= 0.3 is 5.97 Å². The van der Waals surface area contributed by atoms with E-state index in [2.05, 4.69) is 18.2 Å². The maximum Gasteiger partial charge on any atom is 0.335 e. The van der Waals surface area contributed by atoms with Crippen LogP contribution in [0.2, 0.25) is 0 Å². The van der Waals surface area contributed by atoms with E-state index >= 15 is 0 Å². The van der Waals surface area contributed by atoms with Crippen LogP contribution in [0.25, 0.3) is 0 Å². The number of hydrogen-bond donors (Lipinski definition) is 1. The Morgan fingerprint density at radius 3 is 2.47 bits per heavy atom. The molecular formula is C12H22O3. The van der Waals surface area contributed by atoms with Gasteiger partial charge in [0.25, 0.3) is 0 Å². The number of ether oxygens (including phenoxy) is 1. The number of unbranched alkanes of at least 4 members (excludes halogenated alkanes) is 4. The van der Waals surface area contributed by atoms with Gasteiger partial charge in [-0.05, 0) is 6.42 Å². The number of carbonyl (C=O) groups excluding carboxylic acids is 1. The van der Waals surface area contributed by atoms with Crippen LogP contribution in [0, 0.1) is 0 Å². The highest BCUT2D eigenvalue weighted by molar-refractivity contribution is 5.88. The maximum atomic E-state index is 11.0. The van der Waals surface area contributed by atoms with Crippen LogP contribution in [-0.4, -0.2) is 24.3 Å². The van der Waals surface area contributed by atoms with Gasteiger partial charge in [-0.3, -0.25) is 0 Å². The Balaban J connectivity index is 3.60. The molecule has 1 N–H and O–H groups in total. The van der Waals surface area contributed by atoms with E-state index in [1.165, 1.54) is 26.4 Å². The molecule has 0 aromatic rings. The van der Waals surface area contributed by atoms with E-state index in [1.807, 2.05) is 0 Å². The summed E-state index contributed by atoms with van der Waals surface area (Å²) in [6.45, 7) is 5.68. The van der Waals surface area contributed by atoms with Crippen LogP contribution in [0.4, 0.5) is 0 Å². The fourth-order valence-corrected chi connectivity index (χ4v) is 1.38. The van der Waals surface area contributed by atoms with Crippen molar-refractivity contribution >= 4 is 5.97 Å². The van der Waals surface area contributed by atoms with Crippen molar-refractivity contribution in [2.75, 3.05) is 7.11 Å². The molecule has 3 nitrogen and oxygen atoms in total. The van der Waals surface area contributed by atoms with E-state index in [0.717, 1.165) is 12.8 Å². The number of aliphatic hydroxyl groups is 1. The second kappa shape index (κ2) is 8.48. The van der Waals surface area contributed by atoms with Crippen LogP contribution >= 0.6 is 0 Å². The van der Waals surface area contributed by atoms with E-state index in [1.54, 1.807) is 0 Å². The van der Waals surface area contributed by atoms with Crippen molar-refractivity contribution in [1.82, 2.24) is 0 Å². The second-order valence-corrected chi connectivity index (χ2v) is 3.74. The maximum absolute atomic E-state index is 11.0.